The first kappa shape index (κ1) is 7.86. The molecule has 0 saturated heterocycles. The lowest BCUT2D eigenvalue weighted by Gasteiger charge is -2.09. The molecule has 0 amide bonds. The molecule has 0 N–H and O–H groups in total. The fraction of sp³-hybridized carbons (Fsp3) is 0.500. The first-order valence-electron chi connectivity index (χ1n) is 3.79. The SMILES string of the molecule is CC1(C)CSC(c2cocn2)=N1. The molecule has 4 heteroatoms. The quantitative estimate of drug-likeness (QED) is 0.666. The van der Waals surface area contributed by atoms with Crippen molar-refractivity contribution in [2.24, 2.45) is 4.99 Å². The van der Waals surface area contributed by atoms with E-state index in [1.807, 2.05) is 0 Å². The minimum absolute atomic E-state index is 0.0545. The Morgan fingerprint density at radius 3 is 2.92 bits per heavy atom. The summed E-state index contributed by atoms with van der Waals surface area (Å²) in [6.45, 7) is 4.24. The van der Waals surface area contributed by atoms with Gasteiger partial charge in [0.25, 0.3) is 0 Å². The second-order valence-corrected chi connectivity index (χ2v) is 4.36. The molecule has 1 aliphatic heterocycles. The normalized spacial score (nSPS) is 21.0. The van der Waals surface area contributed by atoms with E-state index >= 15 is 0 Å². The summed E-state index contributed by atoms with van der Waals surface area (Å²) < 4.78 is 4.89. The molecule has 0 radical (unpaired) electrons. The summed E-state index contributed by atoms with van der Waals surface area (Å²) in [7, 11) is 0. The van der Waals surface area contributed by atoms with Gasteiger partial charge in [-0.15, -0.1) is 11.8 Å². The Morgan fingerprint density at radius 2 is 2.42 bits per heavy atom. The Morgan fingerprint density at radius 1 is 1.58 bits per heavy atom. The average Bonchev–Trinajstić information content (AvgIpc) is 2.55. The average molecular weight is 182 g/mol. The minimum Gasteiger partial charge on any atom is -0.451 e. The van der Waals surface area contributed by atoms with Crippen molar-refractivity contribution in [3.63, 3.8) is 0 Å². The monoisotopic (exact) mass is 182 g/mol. The van der Waals surface area contributed by atoms with E-state index in [4.69, 9.17) is 4.42 Å². The highest BCUT2D eigenvalue weighted by Crippen LogP contribution is 2.29. The molecule has 0 aromatic carbocycles. The van der Waals surface area contributed by atoms with Crippen LogP contribution in [0.25, 0.3) is 0 Å². The topological polar surface area (TPSA) is 38.4 Å². The number of aromatic nitrogens is 1. The third-order valence-corrected chi connectivity index (χ3v) is 3.04. The van der Waals surface area contributed by atoms with Crippen molar-refractivity contribution in [3.8, 4) is 0 Å². The van der Waals surface area contributed by atoms with E-state index in [9.17, 15) is 0 Å². The highest BCUT2D eigenvalue weighted by Gasteiger charge is 2.26. The van der Waals surface area contributed by atoms with Crippen molar-refractivity contribution < 1.29 is 4.42 Å². The molecule has 0 spiro atoms. The molecule has 1 aromatic rings. The number of rotatable bonds is 1. The lowest BCUT2D eigenvalue weighted by molar-refractivity contribution is 0.557. The Hall–Kier alpha value is -0.770. The van der Waals surface area contributed by atoms with Crippen LogP contribution in [0.3, 0.4) is 0 Å². The number of hydrogen-bond acceptors (Lipinski definition) is 4. The van der Waals surface area contributed by atoms with Crippen molar-refractivity contribution in [1.82, 2.24) is 4.98 Å². The van der Waals surface area contributed by atoms with Gasteiger partial charge in [0.2, 0.25) is 0 Å². The molecule has 64 valence electrons. The second kappa shape index (κ2) is 2.62. The third kappa shape index (κ3) is 1.39. The fourth-order valence-electron chi connectivity index (χ4n) is 1.03. The van der Waals surface area contributed by atoms with Crippen molar-refractivity contribution in [3.05, 3.63) is 18.4 Å². The Labute approximate surface area is 75.3 Å². The largest absolute Gasteiger partial charge is 0.451 e. The lowest BCUT2D eigenvalue weighted by Crippen LogP contribution is -2.15. The second-order valence-electron chi connectivity index (χ2n) is 3.39. The predicted molar refractivity (Wildman–Crippen MR) is 49.6 cm³/mol. The first-order chi connectivity index (χ1) is 5.67. The summed E-state index contributed by atoms with van der Waals surface area (Å²) in [5, 5.41) is 0.994. The Bertz CT molecular complexity index is 303. The number of oxazole rings is 1. The zero-order valence-electron chi connectivity index (χ0n) is 7.07. The summed E-state index contributed by atoms with van der Waals surface area (Å²) in [6.07, 6.45) is 3.07. The van der Waals surface area contributed by atoms with Gasteiger partial charge in [-0.2, -0.15) is 0 Å². The van der Waals surface area contributed by atoms with Gasteiger partial charge >= 0.3 is 0 Å². The van der Waals surface area contributed by atoms with Crippen LogP contribution in [0.2, 0.25) is 0 Å². The van der Waals surface area contributed by atoms with Crippen LogP contribution in [0.5, 0.6) is 0 Å². The van der Waals surface area contributed by atoms with Crippen LogP contribution in [0, 0.1) is 0 Å². The van der Waals surface area contributed by atoms with Gasteiger partial charge in [-0.25, -0.2) is 4.98 Å². The van der Waals surface area contributed by atoms with Gasteiger partial charge in [0, 0.05) is 5.75 Å². The van der Waals surface area contributed by atoms with Crippen LogP contribution in [0.4, 0.5) is 0 Å². The number of nitrogens with zero attached hydrogens (tertiary/aromatic N) is 2. The molecule has 0 atom stereocenters. The van der Waals surface area contributed by atoms with Crippen LogP contribution in [0.15, 0.2) is 22.1 Å². The van der Waals surface area contributed by atoms with Gasteiger partial charge in [0.05, 0.1) is 5.54 Å². The van der Waals surface area contributed by atoms with Crippen molar-refractivity contribution in [1.29, 1.82) is 0 Å². The van der Waals surface area contributed by atoms with E-state index < -0.39 is 0 Å². The van der Waals surface area contributed by atoms with Crippen LogP contribution in [-0.2, 0) is 0 Å². The number of thioether (sulfide) groups is 1. The van der Waals surface area contributed by atoms with Crippen molar-refractivity contribution >= 4 is 16.8 Å². The maximum atomic E-state index is 4.89. The molecule has 3 nitrogen and oxygen atoms in total. The van der Waals surface area contributed by atoms with Gasteiger partial charge in [-0.1, -0.05) is 0 Å². The molecule has 0 saturated carbocycles. The maximum Gasteiger partial charge on any atom is 0.181 e. The predicted octanol–water partition coefficient (Wildman–Crippen LogP) is 1.95. The Kier molecular flexibility index (Phi) is 1.72. The molecule has 1 aliphatic rings. The van der Waals surface area contributed by atoms with Gasteiger partial charge < -0.3 is 4.42 Å². The van der Waals surface area contributed by atoms with Crippen LogP contribution in [-0.4, -0.2) is 21.3 Å². The van der Waals surface area contributed by atoms with Crippen LogP contribution < -0.4 is 0 Å². The van der Waals surface area contributed by atoms with Crippen molar-refractivity contribution in [2.75, 3.05) is 5.75 Å². The standard InChI is InChI=1S/C8H10N2OS/c1-8(2)4-12-7(10-8)6-3-11-5-9-6/h3,5H,4H2,1-2H3. The Balaban J connectivity index is 2.28. The van der Waals surface area contributed by atoms with E-state index in [0.717, 1.165) is 16.5 Å². The smallest absolute Gasteiger partial charge is 0.181 e. The number of aliphatic imine (C=N–C) groups is 1. The van der Waals surface area contributed by atoms with Crippen LogP contribution in [0.1, 0.15) is 19.5 Å². The van der Waals surface area contributed by atoms with E-state index in [0.29, 0.717) is 0 Å². The van der Waals surface area contributed by atoms with Crippen LogP contribution >= 0.6 is 11.8 Å². The van der Waals surface area contributed by atoms with Crippen molar-refractivity contribution in [2.45, 2.75) is 19.4 Å². The zero-order chi connectivity index (χ0) is 8.60. The third-order valence-electron chi connectivity index (χ3n) is 1.62. The summed E-state index contributed by atoms with van der Waals surface area (Å²) in [6, 6.07) is 0. The molecule has 1 aromatic heterocycles. The minimum atomic E-state index is 0.0545. The first-order valence-corrected chi connectivity index (χ1v) is 4.77. The number of hydrogen-bond donors (Lipinski definition) is 0. The van der Waals surface area contributed by atoms with Gasteiger partial charge in [-0.3, -0.25) is 4.99 Å². The zero-order valence-corrected chi connectivity index (χ0v) is 7.89. The summed E-state index contributed by atoms with van der Waals surface area (Å²) in [5.41, 5.74) is 0.907. The fourth-order valence-corrected chi connectivity index (χ4v) is 2.15. The molecular weight excluding hydrogens is 172 g/mol. The maximum absolute atomic E-state index is 4.89. The van der Waals surface area contributed by atoms with E-state index in [1.54, 1.807) is 18.0 Å². The highest BCUT2D eigenvalue weighted by molar-refractivity contribution is 8.14. The van der Waals surface area contributed by atoms with Gasteiger partial charge in [-0.05, 0) is 13.8 Å². The molecule has 2 rings (SSSR count). The molecule has 0 unspecified atom stereocenters. The summed E-state index contributed by atoms with van der Waals surface area (Å²) >= 11 is 1.73. The summed E-state index contributed by atoms with van der Waals surface area (Å²) in [4.78, 5) is 8.57. The molecule has 0 aliphatic carbocycles. The highest BCUT2D eigenvalue weighted by atomic mass is 32.2. The van der Waals surface area contributed by atoms with Gasteiger partial charge in [0.1, 0.15) is 17.0 Å². The molecular formula is C8H10N2OS. The molecule has 0 fully saturated rings. The summed E-state index contributed by atoms with van der Waals surface area (Å²) in [5.74, 6) is 1.02. The van der Waals surface area contributed by atoms with E-state index in [2.05, 4.69) is 23.8 Å². The molecule has 12 heavy (non-hydrogen) atoms. The van der Waals surface area contributed by atoms with Gasteiger partial charge in [0.15, 0.2) is 6.39 Å². The lowest BCUT2D eigenvalue weighted by atomic mass is 10.1. The molecule has 0 bridgehead atoms. The van der Waals surface area contributed by atoms with E-state index in [1.165, 1.54) is 6.39 Å². The molecule has 2 heterocycles. The van der Waals surface area contributed by atoms with E-state index in [-0.39, 0.29) is 5.54 Å².